The number of nitrogens with one attached hydrogen (secondary N) is 1. The van der Waals surface area contributed by atoms with E-state index in [1.165, 1.54) is 0 Å². The molecule has 2 aromatic carbocycles. The van der Waals surface area contributed by atoms with Crippen molar-refractivity contribution >= 4 is 19.1 Å². The normalized spacial score (nSPS) is 12.2. The van der Waals surface area contributed by atoms with E-state index in [-0.39, 0.29) is 5.41 Å². The molecule has 2 rings (SSSR count). The number of benzene rings is 2. The van der Waals surface area contributed by atoms with E-state index in [0.29, 0.717) is 5.75 Å². The van der Waals surface area contributed by atoms with Gasteiger partial charge >= 0.3 is 0 Å². The quantitative estimate of drug-likeness (QED) is 0.832. The van der Waals surface area contributed by atoms with Crippen molar-refractivity contribution in [3.8, 4) is 5.75 Å². The van der Waals surface area contributed by atoms with Crippen LogP contribution in [-0.4, -0.2) is 13.3 Å². The van der Waals surface area contributed by atoms with E-state index >= 15 is 0 Å². The molecule has 0 fully saturated rings. The summed E-state index contributed by atoms with van der Waals surface area (Å²) >= 11 is 0. The number of phenolic OH excluding ortho intramolecular Hbond substituents is 1. The van der Waals surface area contributed by atoms with Gasteiger partial charge in [-0.05, 0) is 36.2 Å². The van der Waals surface area contributed by atoms with Gasteiger partial charge in [0.25, 0.3) is 0 Å². The first kappa shape index (κ1) is 15.6. The maximum atomic E-state index is 10.7. The second-order valence-electron chi connectivity index (χ2n) is 7.07. The summed E-state index contributed by atoms with van der Waals surface area (Å²) in [5, 5.41) is 11.8. The Labute approximate surface area is 128 Å². The Hall–Kier alpha value is -1.74. The van der Waals surface area contributed by atoms with Gasteiger partial charge < -0.3 is 10.1 Å². The number of para-hydroxylation sites is 2. The van der Waals surface area contributed by atoms with Crippen molar-refractivity contribution in [1.29, 1.82) is 0 Å². The number of hydrogen-bond acceptors (Lipinski definition) is 2. The van der Waals surface area contributed by atoms with E-state index < -0.39 is 8.24 Å². The Morgan fingerprint density at radius 2 is 1.52 bits per heavy atom. The van der Waals surface area contributed by atoms with Crippen LogP contribution >= 0.6 is 0 Å². The number of rotatable bonds is 3. The minimum Gasteiger partial charge on any atom is -0.508 e. The molecule has 0 radical (unpaired) electrons. The van der Waals surface area contributed by atoms with E-state index in [2.05, 4.69) is 57.0 Å². The van der Waals surface area contributed by atoms with Gasteiger partial charge in [-0.3, -0.25) is 0 Å². The van der Waals surface area contributed by atoms with E-state index in [0.717, 1.165) is 16.4 Å². The van der Waals surface area contributed by atoms with Gasteiger partial charge in [0.1, 0.15) is 5.75 Å². The lowest BCUT2D eigenvalue weighted by Crippen LogP contribution is -2.50. The van der Waals surface area contributed by atoms with Crippen LogP contribution in [0.15, 0.2) is 48.5 Å². The van der Waals surface area contributed by atoms with Gasteiger partial charge in [-0.15, -0.1) is 0 Å². The van der Waals surface area contributed by atoms with Gasteiger partial charge in [0.2, 0.25) is 0 Å². The third-order valence-electron chi connectivity index (χ3n) is 3.75. The molecule has 0 saturated carbocycles. The molecule has 0 atom stereocenters. The average molecular weight is 299 g/mol. The number of aromatic hydroxyl groups is 1. The van der Waals surface area contributed by atoms with Crippen molar-refractivity contribution in [3.05, 3.63) is 54.1 Å². The van der Waals surface area contributed by atoms with Crippen LogP contribution in [0.5, 0.6) is 5.75 Å². The van der Waals surface area contributed by atoms with Crippen LogP contribution in [0.25, 0.3) is 0 Å². The summed E-state index contributed by atoms with van der Waals surface area (Å²) in [6.07, 6.45) is 0. The second-order valence-corrected chi connectivity index (χ2v) is 11.1. The fraction of sp³-hybridized carbons (Fsp3) is 0.333. The molecule has 0 aliphatic carbocycles. The van der Waals surface area contributed by atoms with E-state index in [9.17, 15) is 5.11 Å². The zero-order chi connectivity index (χ0) is 15.7. The van der Waals surface area contributed by atoms with Crippen LogP contribution in [0.1, 0.15) is 26.3 Å². The summed E-state index contributed by atoms with van der Waals surface area (Å²) in [7, 11) is -1.97. The molecular formula is C18H25NOSi. The van der Waals surface area contributed by atoms with Crippen LogP contribution in [0, 0.1) is 0 Å². The monoisotopic (exact) mass is 299 g/mol. The average Bonchev–Trinajstić information content (AvgIpc) is 2.38. The Kier molecular flexibility index (Phi) is 4.15. The van der Waals surface area contributed by atoms with Gasteiger partial charge in [-0.1, -0.05) is 57.2 Å². The lowest BCUT2D eigenvalue weighted by Gasteiger charge is -2.29. The maximum absolute atomic E-state index is 10.7. The van der Waals surface area contributed by atoms with Crippen LogP contribution in [0.3, 0.4) is 0 Å². The molecule has 2 N–H and O–H groups in total. The molecule has 0 spiro atoms. The summed E-state index contributed by atoms with van der Waals surface area (Å²) in [6.45, 7) is 10.8. The van der Waals surface area contributed by atoms with Gasteiger partial charge in [0, 0.05) is 10.9 Å². The third-order valence-corrected chi connectivity index (χ3v) is 6.41. The first-order valence-corrected chi connectivity index (χ1v) is 10.4. The molecule has 0 saturated heterocycles. The van der Waals surface area contributed by atoms with Crippen molar-refractivity contribution in [2.24, 2.45) is 0 Å². The van der Waals surface area contributed by atoms with E-state index in [4.69, 9.17) is 0 Å². The Balaban J connectivity index is 2.41. The van der Waals surface area contributed by atoms with Crippen molar-refractivity contribution in [1.82, 2.24) is 0 Å². The van der Waals surface area contributed by atoms with Gasteiger partial charge in [-0.25, -0.2) is 0 Å². The maximum Gasteiger partial charge on any atom is 0.183 e. The van der Waals surface area contributed by atoms with Crippen LogP contribution in [0.2, 0.25) is 13.1 Å². The fourth-order valence-corrected chi connectivity index (χ4v) is 4.87. The topological polar surface area (TPSA) is 32.3 Å². The van der Waals surface area contributed by atoms with Crippen molar-refractivity contribution < 1.29 is 5.11 Å². The van der Waals surface area contributed by atoms with Crippen molar-refractivity contribution in [3.63, 3.8) is 0 Å². The molecular weight excluding hydrogens is 274 g/mol. The Morgan fingerprint density at radius 1 is 0.905 bits per heavy atom. The third kappa shape index (κ3) is 3.48. The van der Waals surface area contributed by atoms with Crippen molar-refractivity contribution in [2.45, 2.75) is 39.3 Å². The number of phenols is 1. The summed E-state index contributed by atoms with van der Waals surface area (Å²) in [6, 6.07) is 16.3. The van der Waals surface area contributed by atoms with E-state index in [1.807, 2.05) is 30.3 Å². The zero-order valence-corrected chi connectivity index (χ0v) is 14.6. The molecule has 0 aromatic heterocycles. The van der Waals surface area contributed by atoms with Crippen LogP contribution in [0.4, 0.5) is 5.69 Å². The standard InChI is InChI=1S/C18H25NOSi/c1-18(2,3)15-12-9-13-16(17(15)20)21(4,5)19-14-10-7-6-8-11-14/h6-13,19-20H,1-5H3. The Morgan fingerprint density at radius 3 is 2.10 bits per heavy atom. The fourth-order valence-electron chi connectivity index (χ4n) is 2.60. The summed E-state index contributed by atoms with van der Waals surface area (Å²) in [4.78, 5) is 3.63. The molecule has 0 aliphatic rings. The molecule has 0 amide bonds. The summed E-state index contributed by atoms with van der Waals surface area (Å²) in [5.41, 5.74) is 2.06. The molecule has 2 nitrogen and oxygen atoms in total. The predicted molar refractivity (Wildman–Crippen MR) is 94.0 cm³/mol. The molecule has 21 heavy (non-hydrogen) atoms. The molecule has 0 unspecified atom stereocenters. The molecule has 112 valence electrons. The van der Waals surface area contributed by atoms with Crippen molar-refractivity contribution in [2.75, 3.05) is 4.98 Å². The second kappa shape index (κ2) is 5.56. The largest absolute Gasteiger partial charge is 0.508 e. The molecule has 0 heterocycles. The molecule has 0 aliphatic heterocycles. The van der Waals surface area contributed by atoms with Crippen LogP contribution in [-0.2, 0) is 5.41 Å². The lowest BCUT2D eigenvalue weighted by molar-refractivity contribution is 0.450. The Bertz CT molecular complexity index is 615. The van der Waals surface area contributed by atoms with Crippen LogP contribution < -0.4 is 10.2 Å². The van der Waals surface area contributed by atoms with Gasteiger partial charge in [0.05, 0.1) is 0 Å². The molecule has 0 bridgehead atoms. The first-order valence-electron chi connectivity index (χ1n) is 7.38. The summed E-state index contributed by atoms with van der Waals surface area (Å²) < 4.78 is 0. The zero-order valence-electron chi connectivity index (χ0n) is 13.6. The first-order chi connectivity index (χ1) is 9.72. The SMILES string of the molecule is CC(C)(C)c1cccc([Si](C)(C)Nc2ccccc2)c1O. The minimum atomic E-state index is -1.97. The highest BCUT2D eigenvalue weighted by molar-refractivity contribution is 6.92. The molecule has 3 heteroatoms. The number of anilines is 1. The highest BCUT2D eigenvalue weighted by Crippen LogP contribution is 2.30. The van der Waals surface area contributed by atoms with Gasteiger partial charge in [-0.2, -0.15) is 0 Å². The minimum absolute atomic E-state index is 0.0582. The van der Waals surface area contributed by atoms with E-state index in [1.54, 1.807) is 0 Å². The molecule has 2 aromatic rings. The highest BCUT2D eigenvalue weighted by atomic mass is 28.3. The smallest absolute Gasteiger partial charge is 0.183 e. The summed E-state index contributed by atoms with van der Waals surface area (Å²) in [5.74, 6) is 0.449. The predicted octanol–water partition coefficient (Wildman–Crippen LogP) is 4.21. The lowest BCUT2D eigenvalue weighted by atomic mass is 9.86. The van der Waals surface area contributed by atoms with Gasteiger partial charge in [0.15, 0.2) is 8.24 Å². The number of hydrogen-bond donors (Lipinski definition) is 2. The highest BCUT2D eigenvalue weighted by Gasteiger charge is 2.30.